The maximum atomic E-state index is 15.5. The highest BCUT2D eigenvalue weighted by molar-refractivity contribution is 8.00. The number of carbonyl (C=O) groups is 16. The van der Waals surface area contributed by atoms with E-state index in [0.29, 0.717) is 83.5 Å². The average Bonchev–Trinajstić information content (AvgIpc) is 1.67. The summed E-state index contributed by atoms with van der Waals surface area (Å²) in [6.07, 6.45) is 4.58. The van der Waals surface area contributed by atoms with Gasteiger partial charge in [-0.3, -0.25) is 71.9 Å². The Morgan fingerprint density at radius 2 is 0.978 bits per heavy atom. The van der Waals surface area contributed by atoms with E-state index in [2.05, 4.69) is 79.4 Å². The van der Waals surface area contributed by atoms with Crippen LogP contribution in [0.5, 0.6) is 17.2 Å². The molecule has 4 aliphatic heterocycles. The highest BCUT2D eigenvalue weighted by Crippen LogP contribution is 2.34. The second-order valence-electron chi connectivity index (χ2n) is 34.9. The minimum atomic E-state index is -1.84. The standard InChI is InChI=1S/C94H126N20O20S/c1-53(2)80(90(130)111-81(54(3)115)91(131)106-69(45-57-29-35-61(117)36-30-57)86(126)104-67(22-11-13-39-95)85(125)102-50-78(121)100-49-77(120)101-51-79(122)103-66(83(97)123)21-12-14-40-98-76(119)26-10-9-25-75-82-72(52-135-75)109-94(134)112-82)110-89(129)74-24-16-42-114(74)93(133)71(47-59-48-99-65-20-8-7-19-63(59)65)108-88(128)73-23-15-41-113(73)92(132)70(46-58-31-37-62(118)38-32-58)107-87(127)68(44-56-27-33-60(116)34-28-56)105-84(124)64(96)43-55-17-5-4-6-18-55/h4-8,17-20,27-38,48,53-54,64,66-75,80-82,99,115-118H,9-16,21-26,39-47,49-52,95-96H2,1-3H3,(H2,97,123)(H,98,119)(H,100,121)(H,101,120)(H,102,125)(H,103,122)(H,104,126)(H,105,124)(H,106,131)(H,107,127)(H,108,128)(H,110,129)(H,111,130)(H2,109,112,134)/t54-,64+,66+,67+,68+,69+,70+,71+,72+,73+,74+,75+,80+,81+,82+/m1/s1. The number of aromatic amines is 1. The summed E-state index contributed by atoms with van der Waals surface area (Å²) in [6.45, 7) is 2.95. The van der Waals surface area contributed by atoms with Crippen molar-refractivity contribution in [1.29, 1.82) is 0 Å². The van der Waals surface area contributed by atoms with Gasteiger partial charge in [0.2, 0.25) is 88.6 Å². The fourth-order valence-electron chi connectivity index (χ4n) is 16.8. The van der Waals surface area contributed by atoms with Crippen LogP contribution < -0.4 is 91.6 Å². The molecule has 728 valence electrons. The van der Waals surface area contributed by atoms with E-state index in [9.17, 15) is 82.8 Å². The van der Waals surface area contributed by atoms with Crippen molar-refractivity contribution in [1.82, 2.24) is 89.2 Å². The number of hydrogen-bond acceptors (Lipinski definition) is 23. The monoisotopic (exact) mass is 1890 g/mol. The summed E-state index contributed by atoms with van der Waals surface area (Å²) in [4.78, 5) is 229. The topological polar surface area (TPSA) is 623 Å². The zero-order valence-electron chi connectivity index (χ0n) is 75.9. The van der Waals surface area contributed by atoms with Crippen LogP contribution in [-0.2, 0) is 104 Å². The number of carbonyl (C=O) groups excluding carboxylic acids is 16. The normalized spacial score (nSPS) is 18.3. The van der Waals surface area contributed by atoms with Crippen LogP contribution in [0.4, 0.5) is 4.79 Å². The average molecular weight is 1890 g/mol. The predicted molar refractivity (Wildman–Crippen MR) is 499 cm³/mol. The third-order valence-electron chi connectivity index (χ3n) is 24.2. The molecule has 0 aliphatic carbocycles. The summed E-state index contributed by atoms with van der Waals surface area (Å²) in [5.41, 5.74) is 21.3. The van der Waals surface area contributed by atoms with Crippen molar-refractivity contribution in [3.8, 4) is 17.2 Å². The van der Waals surface area contributed by atoms with Gasteiger partial charge in [0, 0.05) is 79.8 Å². The number of thioether (sulfide) groups is 1. The van der Waals surface area contributed by atoms with Crippen molar-refractivity contribution in [3.63, 3.8) is 0 Å². The molecule has 15 atom stereocenters. The molecule has 41 heteroatoms. The van der Waals surface area contributed by atoms with Crippen molar-refractivity contribution in [3.05, 3.63) is 161 Å². The minimum absolute atomic E-state index is 0.00836. The first-order valence-electron chi connectivity index (χ1n) is 45.8. The Labute approximate surface area is 785 Å². The molecule has 4 aliphatic rings. The second-order valence-corrected chi connectivity index (χ2v) is 36.2. The van der Waals surface area contributed by atoms with Crippen LogP contribution >= 0.6 is 11.8 Å². The molecule has 17 amide bonds. The highest BCUT2D eigenvalue weighted by atomic mass is 32.2. The number of nitrogens with one attached hydrogen (secondary N) is 15. The number of benzene rings is 5. The number of nitrogens with two attached hydrogens (primary N) is 3. The van der Waals surface area contributed by atoms with E-state index in [4.69, 9.17) is 17.2 Å². The van der Waals surface area contributed by atoms with Crippen molar-refractivity contribution in [2.75, 3.05) is 51.6 Å². The molecule has 4 saturated heterocycles. The lowest BCUT2D eigenvalue weighted by atomic mass is 10.00. The third-order valence-corrected chi connectivity index (χ3v) is 25.7. The van der Waals surface area contributed by atoms with Crippen LogP contribution in [0.1, 0.15) is 138 Å². The van der Waals surface area contributed by atoms with E-state index in [0.717, 1.165) is 24.2 Å². The summed E-state index contributed by atoms with van der Waals surface area (Å²) < 4.78 is 0. The minimum Gasteiger partial charge on any atom is -0.508 e. The van der Waals surface area contributed by atoms with E-state index in [1.165, 1.54) is 65.3 Å². The van der Waals surface area contributed by atoms with Gasteiger partial charge in [-0.05, 0) is 173 Å². The molecule has 0 spiro atoms. The molecule has 5 aromatic carbocycles. The fraction of sp³-hybridized carbons (Fsp3) is 0.489. The van der Waals surface area contributed by atoms with Gasteiger partial charge in [-0.1, -0.05) is 105 Å². The van der Waals surface area contributed by atoms with Crippen molar-refractivity contribution < 1.29 is 97.1 Å². The van der Waals surface area contributed by atoms with E-state index in [1.807, 2.05) is 36.0 Å². The number of aliphatic hydroxyl groups is 1. The Hall–Kier alpha value is -13.4. The largest absolute Gasteiger partial charge is 0.508 e. The molecular formula is C94H126N20O20S. The molecule has 1 aromatic heterocycles. The zero-order chi connectivity index (χ0) is 97.4. The van der Waals surface area contributed by atoms with E-state index < -0.39 is 181 Å². The van der Waals surface area contributed by atoms with E-state index >= 15 is 14.4 Å². The number of para-hydroxylation sites is 1. The zero-order valence-corrected chi connectivity index (χ0v) is 76.7. The Morgan fingerprint density at radius 1 is 0.474 bits per heavy atom. The van der Waals surface area contributed by atoms with Crippen LogP contribution in [0.25, 0.3) is 10.9 Å². The van der Waals surface area contributed by atoms with Gasteiger partial charge in [-0.15, -0.1) is 0 Å². The first-order valence-corrected chi connectivity index (χ1v) is 46.9. The quantitative estimate of drug-likeness (QED) is 0.0161. The van der Waals surface area contributed by atoms with Gasteiger partial charge in [-0.25, -0.2) is 4.79 Å². The van der Waals surface area contributed by atoms with Gasteiger partial charge in [0.25, 0.3) is 0 Å². The second kappa shape index (κ2) is 51.2. The van der Waals surface area contributed by atoms with Crippen LogP contribution in [0, 0.1) is 5.92 Å². The highest BCUT2D eigenvalue weighted by Gasteiger charge is 2.46. The van der Waals surface area contributed by atoms with Crippen LogP contribution in [0.3, 0.4) is 0 Å². The maximum absolute atomic E-state index is 15.5. The number of H-pyrrole nitrogens is 1. The van der Waals surface area contributed by atoms with Gasteiger partial charge in [0.1, 0.15) is 77.7 Å². The molecular weight excluding hydrogens is 1760 g/mol. The molecule has 135 heavy (non-hydrogen) atoms. The number of likely N-dealkylation sites (tertiary alicyclic amines) is 2. The number of unbranched alkanes of at least 4 members (excludes halogenated alkanes) is 3. The number of aromatic nitrogens is 1. The SMILES string of the molecule is CC(C)[C@H](NC(=O)[C@@H]1CCCN1C(=O)[C@H](Cc1c[nH]c2ccccc12)NC(=O)[C@@H]1CCCN1C(=O)[C@H](Cc1ccc(O)cc1)NC(=O)[C@H](Cc1ccc(O)cc1)NC(=O)[C@@H](N)Cc1ccccc1)C(=O)N[C@H](C(=O)N[C@@H](Cc1ccc(O)cc1)C(=O)N[C@@H](CCCCN)C(=O)NCC(=O)NCC(=O)NCC(=O)N[C@@H](CCCCNC(=O)CCCC[C@@H]1SC[C@@H]2NC(=O)N[C@@H]21)C(N)=O)[C@@H](C)O. The lowest BCUT2D eigenvalue weighted by molar-refractivity contribution is -0.144. The predicted octanol–water partition coefficient (Wildman–Crippen LogP) is -1.00. The Kier molecular flexibility index (Phi) is 39.3. The number of aliphatic hydroxyl groups excluding tert-OH is 1. The lowest BCUT2D eigenvalue weighted by Gasteiger charge is -2.33. The molecule has 0 unspecified atom stereocenters. The molecule has 0 radical (unpaired) electrons. The fourth-order valence-corrected chi connectivity index (χ4v) is 18.4. The molecule has 10 rings (SSSR count). The molecule has 6 aromatic rings. The van der Waals surface area contributed by atoms with Crippen LogP contribution in [0.15, 0.2) is 134 Å². The third kappa shape index (κ3) is 31.3. The van der Waals surface area contributed by atoms with Crippen molar-refractivity contribution in [2.45, 2.75) is 233 Å². The summed E-state index contributed by atoms with van der Waals surface area (Å²) >= 11 is 1.81. The summed E-state index contributed by atoms with van der Waals surface area (Å²) in [7, 11) is 0. The van der Waals surface area contributed by atoms with Gasteiger partial charge in [0.15, 0.2) is 0 Å². The van der Waals surface area contributed by atoms with Crippen LogP contribution in [-0.4, -0.2) is 271 Å². The Balaban J connectivity index is 0.742. The number of primary amides is 1. The number of aromatic hydroxyl groups is 3. The Bertz CT molecular complexity index is 5110. The number of hydrogen-bond donors (Lipinski definition) is 22. The van der Waals surface area contributed by atoms with Crippen molar-refractivity contribution >= 4 is 117 Å². The van der Waals surface area contributed by atoms with Crippen LogP contribution in [0.2, 0.25) is 0 Å². The summed E-state index contributed by atoms with van der Waals surface area (Å²) in [5, 5.41) is 80.2. The number of amides is 17. The smallest absolute Gasteiger partial charge is 0.315 e. The Morgan fingerprint density at radius 3 is 1.56 bits per heavy atom. The van der Waals surface area contributed by atoms with Gasteiger partial charge < -0.3 is 127 Å². The first-order chi connectivity index (χ1) is 64.7. The number of nitrogens with zero attached hydrogens (tertiary/aromatic N) is 2. The van der Waals surface area contributed by atoms with E-state index in [-0.39, 0.29) is 132 Å². The summed E-state index contributed by atoms with van der Waals surface area (Å²) in [6, 6.07) is 18.7. The van der Waals surface area contributed by atoms with Gasteiger partial charge in [-0.2, -0.15) is 11.8 Å². The molecule has 4 fully saturated rings. The number of rotatable bonds is 51. The first kappa shape index (κ1) is 104. The number of phenols is 3. The lowest BCUT2D eigenvalue weighted by Crippen LogP contribution is -2.62. The molecule has 25 N–H and O–H groups in total. The van der Waals surface area contributed by atoms with Gasteiger partial charge in [0.05, 0.1) is 43.9 Å². The number of fused-ring (bicyclic) bond motifs is 2. The van der Waals surface area contributed by atoms with Crippen molar-refractivity contribution in [2.24, 2.45) is 23.1 Å². The van der Waals surface area contributed by atoms with Gasteiger partial charge >= 0.3 is 6.03 Å². The summed E-state index contributed by atoms with van der Waals surface area (Å²) in [5.74, 6) is -11.8. The molecule has 40 nitrogen and oxygen atoms in total. The van der Waals surface area contributed by atoms with E-state index in [1.54, 1.807) is 74.6 Å². The number of urea groups is 1. The number of phenolic OH excluding ortho intramolecular Hbond substituents is 3. The molecule has 0 bridgehead atoms. The molecule has 0 saturated carbocycles. The molecule has 5 heterocycles. The maximum Gasteiger partial charge on any atom is 0.315 e.